The summed E-state index contributed by atoms with van der Waals surface area (Å²) in [6.07, 6.45) is 0. The smallest absolute Gasteiger partial charge is 0.303 e. The third kappa shape index (κ3) is 2.32. The number of esters is 1. The largest absolute Gasteiger partial charge is 0.458 e. The van der Waals surface area contributed by atoms with Gasteiger partial charge in [0, 0.05) is 19.1 Å². The Labute approximate surface area is 101 Å². The first kappa shape index (κ1) is 12.1. The highest BCUT2D eigenvalue weighted by Crippen LogP contribution is 2.10. The van der Waals surface area contributed by atoms with Gasteiger partial charge < -0.3 is 13.6 Å². The number of hydrogen-bond acceptors (Lipinski definition) is 6. The predicted molar refractivity (Wildman–Crippen MR) is 61.2 cm³/mol. The second-order valence-corrected chi connectivity index (χ2v) is 3.74. The Morgan fingerprint density at radius 3 is 2.44 bits per heavy atom. The third-order valence-corrected chi connectivity index (χ3v) is 2.19. The van der Waals surface area contributed by atoms with Gasteiger partial charge in [0.15, 0.2) is 0 Å². The number of hydrogen-bond donors (Lipinski definition) is 0. The summed E-state index contributed by atoms with van der Waals surface area (Å²) in [6, 6.07) is 2.36. The highest BCUT2D eigenvalue weighted by molar-refractivity contribution is 5.69. The molecule has 0 bridgehead atoms. The minimum Gasteiger partial charge on any atom is -0.458 e. The zero-order valence-corrected chi connectivity index (χ0v) is 9.81. The van der Waals surface area contributed by atoms with Crippen molar-refractivity contribution >= 4 is 17.1 Å². The molecule has 6 nitrogen and oxygen atoms in total. The number of ether oxygens (including phenoxy) is 1. The van der Waals surface area contributed by atoms with Crippen molar-refractivity contribution in [2.75, 3.05) is 0 Å². The van der Waals surface area contributed by atoms with Crippen LogP contribution in [0, 0.1) is 6.92 Å². The molecule has 2 rings (SSSR count). The topological polar surface area (TPSA) is 86.7 Å². The van der Waals surface area contributed by atoms with Gasteiger partial charge in [0.05, 0.1) is 0 Å². The van der Waals surface area contributed by atoms with Crippen molar-refractivity contribution in [3.05, 3.63) is 44.1 Å². The molecule has 0 atom stereocenters. The standard InChI is InChI=1S/C12H10O6/c1-6-3-9(14)12-11(17-6)10(15)4-8(18-12)5-16-7(2)13/h3-4H,5H2,1-2H3. The average Bonchev–Trinajstić information content (AvgIpc) is 2.28. The molecule has 0 aliphatic heterocycles. The van der Waals surface area contributed by atoms with Gasteiger partial charge in [-0.25, -0.2) is 0 Å². The Bertz CT molecular complexity index is 721. The lowest BCUT2D eigenvalue weighted by Gasteiger charge is -2.02. The van der Waals surface area contributed by atoms with Crippen LogP contribution in [-0.4, -0.2) is 5.97 Å². The monoisotopic (exact) mass is 250 g/mol. The SMILES string of the molecule is CC(=O)OCc1cc(=O)c2oc(C)cc(=O)c2o1. The molecule has 0 saturated carbocycles. The highest BCUT2D eigenvalue weighted by atomic mass is 16.5. The van der Waals surface area contributed by atoms with Crippen molar-refractivity contribution in [3.8, 4) is 0 Å². The lowest BCUT2D eigenvalue weighted by atomic mass is 10.3. The first-order valence-electron chi connectivity index (χ1n) is 5.18. The molecule has 0 radical (unpaired) electrons. The molecule has 0 aliphatic carbocycles. The minimum atomic E-state index is -0.506. The number of carbonyl (C=O) groups is 1. The maximum absolute atomic E-state index is 11.7. The molecule has 0 aromatic carbocycles. The quantitative estimate of drug-likeness (QED) is 0.742. The lowest BCUT2D eigenvalue weighted by Crippen LogP contribution is -2.11. The second-order valence-electron chi connectivity index (χ2n) is 3.74. The minimum absolute atomic E-state index is 0.0962. The van der Waals surface area contributed by atoms with Crippen LogP contribution in [0.3, 0.4) is 0 Å². The summed E-state index contributed by atoms with van der Waals surface area (Å²) >= 11 is 0. The van der Waals surface area contributed by atoms with Crippen molar-refractivity contribution in [1.82, 2.24) is 0 Å². The van der Waals surface area contributed by atoms with Crippen molar-refractivity contribution in [1.29, 1.82) is 0 Å². The van der Waals surface area contributed by atoms with E-state index in [1.807, 2.05) is 0 Å². The third-order valence-electron chi connectivity index (χ3n) is 2.19. The van der Waals surface area contributed by atoms with E-state index in [-0.39, 0.29) is 23.5 Å². The van der Waals surface area contributed by atoms with Crippen molar-refractivity contribution < 1.29 is 18.4 Å². The molecule has 94 valence electrons. The molecular weight excluding hydrogens is 240 g/mol. The molecule has 0 unspecified atom stereocenters. The molecule has 2 heterocycles. The van der Waals surface area contributed by atoms with Crippen molar-refractivity contribution in [2.24, 2.45) is 0 Å². The summed E-state index contributed by atoms with van der Waals surface area (Å²) in [5, 5.41) is 0. The van der Waals surface area contributed by atoms with Crippen molar-refractivity contribution in [3.63, 3.8) is 0 Å². The number of rotatable bonds is 2. The van der Waals surface area contributed by atoms with Gasteiger partial charge in [-0.05, 0) is 6.92 Å². The predicted octanol–water partition coefficient (Wildman–Crippen LogP) is 1.12. The molecule has 0 aliphatic rings. The number of fused-ring (bicyclic) bond motifs is 1. The van der Waals surface area contributed by atoms with Gasteiger partial charge in [-0.1, -0.05) is 0 Å². The molecule has 18 heavy (non-hydrogen) atoms. The summed E-state index contributed by atoms with van der Waals surface area (Å²) in [5.74, 6) is -0.0833. The normalized spacial score (nSPS) is 10.6. The number of aryl methyl sites for hydroxylation is 1. The zero-order valence-electron chi connectivity index (χ0n) is 9.81. The lowest BCUT2D eigenvalue weighted by molar-refractivity contribution is -0.142. The van der Waals surface area contributed by atoms with E-state index in [4.69, 9.17) is 13.6 Å². The maximum Gasteiger partial charge on any atom is 0.303 e. The van der Waals surface area contributed by atoms with Gasteiger partial charge in [0.2, 0.25) is 22.0 Å². The Kier molecular flexibility index (Phi) is 3.01. The van der Waals surface area contributed by atoms with Gasteiger partial charge in [0.25, 0.3) is 0 Å². The first-order chi connectivity index (χ1) is 8.47. The van der Waals surface area contributed by atoms with E-state index in [9.17, 15) is 14.4 Å². The first-order valence-corrected chi connectivity index (χ1v) is 5.18. The fourth-order valence-electron chi connectivity index (χ4n) is 1.47. The van der Waals surface area contributed by atoms with Crippen LogP contribution in [0.4, 0.5) is 0 Å². The van der Waals surface area contributed by atoms with Crippen LogP contribution in [0.1, 0.15) is 18.4 Å². The summed E-state index contributed by atoms with van der Waals surface area (Å²) < 4.78 is 15.0. The molecule has 0 saturated heterocycles. The summed E-state index contributed by atoms with van der Waals surface area (Å²) in [4.78, 5) is 34.0. The van der Waals surface area contributed by atoms with E-state index in [0.29, 0.717) is 5.76 Å². The van der Waals surface area contributed by atoms with Gasteiger partial charge in [-0.15, -0.1) is 0 Å². The molecule has 2 aromatic rings. The van der Waals surface area contributed by atoms with Crippen LogP contribution in [0.25, 0.3) is 11.2 Å². The summed E-state index contributed by atoms with van der Waals surface area (Å²) in [5.41, 5.74) is -1.24. The van der Waals surface area contributed by atoms with E-state index in [1.54, 1.807) is 6.92 Å². The molecule has 6 heteroatoms. The van der Waals surface area contributed by atoms with Crippen LogP contribution in [0.15, 0.2) is 30.6 Å². The highest BCUT2D eigenvalue weighted by Gasteiger charge is 2.11. The van der Waals surface area contributed by atoms with Crippen LogP contribution in [0.5, 0.6) is 0 Å². The second kappa shape index (κ2) is 4.48. The summed E-state index contributed by atoms with van der Waals surface area (Å²) in [6.45, 7) is 2.59. The Hall–Kier alpha value is -2.37. The fourth-order valence-corrected chi connectivity index (χ4v) is 1.47. The summed E-state index contributed by atoms with van der Waals surface area (Å²) in [7, 11) is 0. The van der Waals surface area contributed by atoms with E-state index in [1.165, 1.54) is 13.0 Å². The van der Waals surface area contributed by atoms with Crippen molar-refractivity contribution in [2.45, 2.75) is 20.5 Å². The van der Waals surface area contributed by atoms with Gasteiger partial charge >= 0.3 is 5.97 Å². The Balaban J connectivity index is 2.59. The van der Waals surface area contributed by atoms with Gasteiger partial charge in [-0.3, -0.25) is 14.4 Å². The Morgan fingerprint density at radius 1 is 1.17 bits per heavy atom. The fraction of sp³-hybridized carbons (Fsp3) is 0.250. The molecular formula is C12H10O6. The molecule has 0 N–H and O–H groups in total. The molecule has 0 amide bonds. The molecule has 0 fully saturated rings. The van der Waals surface area contributed by atoms with Crippen LogP contribution >= 0.6 is 0 Å². The van der Waals surface area contributed by atoms with E-state index in [0.717, 1.165) is 6.07 Å². The van der Waals surface area contributed by atoms with Crippen LogP contribution in [-0.2, 0) is 16.1 Å². The van der Waals surface area contributed by atoms with Gasteiger partial charge in [-0.2, -0.15) is 0 Å². The average molecular weight is 250 g/mol. The van der Waals surface area contributed by atoms with E-state index < -0.39 is 16.8 Å². The van der Waals surface area contributed by atoms with E-state index >= 15 is 0 Å². The molecule has 2 aromatic heterocycles. The number of carbonyl (C=O) groups excluding carboxylic acids is 1. The zero-order chi connectivity index (χ0) is 13.3. The van der Waals surface area contributed by atoms with Crippen LogP contribution < -0.4 is 10.9 Å². The molecule has 0 spiro atoms. The van der Waals surface area contributed by atoms with Gasteiger partial charge in [0.1, 0.15) is 18.1 Å². The van der Waals surface area contributed by atoms with Crippen LogP contribution in [0.2, 0.25) is 0 Å². The maximum atomic E-state index is 11.7. The van der Waals surface area contributed by atoms with E-state index in [2.05, 4.69) is 0 Å². The Morgan fingerprint density at radius 2 is 1.78 bits per heavy atom.